The molecule has 0 aromatic heterocycles. The van der Waals surface area contributed by atoms with Crippen LogP contribution in [0.4, 0.5) is 0 Å². The van der Waals surface area contributed by atoms with Gasteiger partial charge in [0.1, 0.15) is 122 Å². The van der Waals surface area contributed by atoms with Crippen molar-refractivity contribution in [3.05, 3.63) is 0 Å². The fraction of sp³-hybridized carbons (Fsp3) is 0.836. The molecular formula is C73H140N12O58P4. The van der Waals surface area contributed by atoms with Gasteiger partial charge < -0.3 is 243 Å². The first-order valence-electron chi connectivity index (χ1n) is 42.7. The van der Waals surface area contributed by atoms with Crippen LogP contribution in [0, 0.1) is 0 Å². The van der Waals surface area contributed by atoms with Crippen LogP contribution in [0.3, 0.4) is 0 Å². The van der Waals surface area contributed by atoms with Crippen molar-refractivity contribution in [2.75, 3.05) is 171 Å². The number of aliphatic hydroxyl groups is 18. The second-order valence-electron chi connectivity index (χ2n) is 33.1. The van der Waals surface area contributed by atoms with E-state index in [4.69, 9.17) is 49.4 Å². The molecule has 0 radical (unpaired) electrons. The maximum Gasteiger partial charge on any atom is 0.341 e. The molecular weight excluding hydrogens is 2100 g/mol. The Hall–Kier alpha value is -7.12. The van der Waals surface area contributed by atoms with E-state index in [0.717, 1.165) is 29.4 Å². The molecule has 4 heterocycles. The quantitative estimate of drug-likeness (QED) is 0.0251. The monoisotopic (exact) mass is 2240 g/mol. The Bertz CT molecular complexity index is 4210. The molecule has 4 amide bonds. The van der Waals surface area contributed by atoms with E-state index in [2.05, 4.69) is 10.6 Å². The second-order valence-corrected chi connectivity index (χ2v) is 41.1. The van der Waals surface area contributed by atoms with Crippen LogP contribution in [0.15, 0.2) is 0 Å². The lowest BCUT2D eigenvalue weighted by Crippen LogP contribution is -2.70. The van der Waals surface area contributed by atoms with Crippen molar-refractivity contribution in [1.82, 2.24) is 50.7 Å². The molecule has 0 aromatic carbocycles. The van der Waals surface area contributed by atoms with Crippen molar-refractivity contribution >= 4 is 102 Å². The first kappa shape index (κ1) is 140. The number of aliphatic carboxylic acids is 8. The molecule has 4 aliphatic heterocycles. The molecule has 28 atom stereocenters. The molecule has 0 bridgehead atoms. The number of carboxylic acid groups (broad SMARTS) is 8. The lowest BCUT2D eigenvalue weighted by atomic mass is 9.94. The summed E-state index contributed by atoms with van der Waals surface area (Å²) in [6.07, 6.45) is -47.8. The largest absolute Gasteiger partial charge is 0.480 e. The van der Waals surface area contributed by atoms with Crippen LogP contribution in [-0.4, -0.2) is 625 Å². The van der Waals surface area contributed by atoms with Crippen LogP contribution in [0.2, 0.25) is 0 Å². The summed E-state index contributed by atoms with van der Waals surface area (Å²) in [6, 6.07) is -11.6. The SMILES string of the molecule is C.C.C.NC1[C@H](O[C@@H]2C(CO)O[C@@H](O[C@H](C(O)CO)[C@@H](O)C(CO)NC(=O)CC(P(=O)(O)O)P(=O)(O)O)C(N)[C@@H]2O)OC(CO)[C@@H](O)[C@H]1O.O=C(O)CN(CCN(CC(=O)O)CC(=O)O)CCN(CC(=O)O)CC(=O)NC1[C@H](O[C@@H]2C(CO)O[C@@H](O[C@H](C(O)CO)[C@@H](O)C(CO)NC(=O)CC(P(=O)(O)O)P(=O)(O)O)C(NC(=O)CN(CCN(CCN(CC(=O)O)CC(=O)O)CC(=O)O)CC(=O)O)[C@@H]2O)OC(CO)[C@@H](O)[C@H]1O. The average Bonchev–Trinajstić information content (AvgIpc) is 0.775. The summed E-state index contributed by atoms with van der Waals surface area (Å²) < 4.78 is 92.3. The van der Waals surface area contributed by atoms with Crippen LogP contribution in [0.1, 0.15) is 35.1 Å². The van der Waals surface area contributed by atoms with Crippen molar-refractivity contribution < 1.29 is 286 Å². The highest BCUT2D eigenvalue weighted by Gasteiger charge is 2.57. The molecule has 4 saturated heterocycles. The summed E-state index contributed by atoms with van der Waals surface area (Å²) in [4.78, 5) is 228. The molecule has 0 spiro atoms. The first-order valence-corrected chi connectivity index (χ1v) is 49.4. The van der Waals surface area contributed by atoms with E-state index >= 15 is 0 Å². The molecule has 0 aromatic rings. The minimum atomic E-state index is -5.80. The number of carboxylic acids is 8. The van der Waals surface area contributed by atoms with Gasteiger partial charge in [0.15, 0.2) is 36.0 Å². The smallest absolute Gasteiger partial charge is 0.341 e. The Morgan fingerprint density at radius 2 is 0.565 bits per heavy atom. The summed E-state index contributed by atoms with van der Waals surface area (Å²) in [5.74, 6) is -17.7. The van der Waals surface area contributed by atoms with Gasteiger partial charge in [0.2, 0.25) is 23.6 Å². The minimum Gasteiger partial charge on any atom is -0.480 e. The van der Waals surface area contributed by atoms with Gasteiger partial charge in [0.05, 0.1) is 155 Å². The Labute approximate surface area is 834 Å². The highest BCUT2D eigenvalue weighted by atomic mass is 31.2. The number of carbonyl (C=O) groups excluding carboxylic acids is 4. The number of amides is 4. The van der Waals surface area contributed by atoms with Crippen LogP contribution < -0.4 is 32.7 Å². The number of hydrogen-bond acceptors (Lipinski definition) is 50. The normalized spacial score (nSPS) is 26.3. The molecule has 4 aliphatic rings. The molecule has 70 nitrogen and oxygen atoms in total. The fourth-order valence-corrected chi connectivity index (χ4v) is 19.4. The second kappa shape index (κ2) is 65.4. The summed E-state index contributed by atoms with van der Waals surface area (Å²) in [5, 5.41) is 268. The number of rotatable bonds is 66. The molecule has 74 heteroatoms. The summed E-state index contributed by atoms with van der Waals surface area (Å²) in [7, 11) is -22.6. The van der Waals surface area contributed by atoms with Crippen LogP contribution in [0.25, 0.3) is 0 Å². The van der Waals surface area contributed by atoms with Crippen LogP contribution in [0.5, 0.6) is 0 Å². The highest BCUT2D eigenvalue weighted by Crippen LogP contribution is 2.62. The van der Waals surface area contributed by atoms with Crippen molar-refractivity contribution in [3.63, 3.8) is 0 Å². The minimum absolute atomic E-state index is 0. The number of nitrogens with two attached hydrogens (primary N) is 2. The van der Waals surface area contributed by atoms with E-state index < -0.39 is 435 Å². The third kappa shape index (κ3) is 46.4. The van der Waals surface area contributed by atoms with Crippen molar-refractivity contribution in [2.24, 2.45) is 11.5 Å². The third-order valence-electron chi connectivity index (χ3n) is 21.9. The number of ether oxygens (including phenoxy) is 8. The number of hydrogen-bond donors (Lipinski definition) is 40. The number of nitrogens with one attached hydrogen (secondary N) is 4. The van der Waals surface area contributed by atoms with E-state index in [0.29, 0.717) is 0 Å². The van der Waals surface area contributed by atoms with Gasteiger partial charge in [-0.25, -0.2) is 0 Å². The zero-order valence-electron chi connectivity index (χ0n) is 75.7. The lowest BCUT2D eigenvalue weighted by molar-refractivity contribution is -0.341. The summed E-state index contributed by atoms with van der Waals surface area (Å²) in [5.41, 5.74) is 11.9. The average molecular weight is 2240 g/mol. The number of carbonyl (C=O) groups is 12. The Balaban J connectivity index is 0.00000363. The molecule has 4 fully saturated rings. The van der Waals surface area contributed by atoms with E-state index in [1.807, 2.05) is 5.32 Å². The predicted octanol–water partition coefficient (Wildman–Crippen LogP) is -20.9. The first-order chi connectivity index (χ1) is 66.7. The Morgan fingerprint density at radius 3 is 0.864 bits per heavy atom. The molecule has 860 valence electrons. The molecule has 0 saturated carbocycles. The molecule has 0 aliphatic carbocycles. The van der Waals surface area contributed by atoms with E-state index in [-0.39, 0.29) is 55.0 Å². The van der Waals surface area contributed by atoms with Gasteiger partial charge in [0, 0.05) is 52.4 Å². The molecule has 12 unspecified atom stereocenters. The van der Waals surface area contributed by atoms with Gasteiger partial charge in [-0.3, -0.25) is 105 Å². The van der Waals surface area contributed by atoms with Gasteiger partial charge in [-0.05, 0) is 0 Å². The maximum atomic E-state index is 14.3. The Kier molecular flexibility index (Phi) is 62.3. The van der Waals surface area contributed by atoms with E-state index in [9.17, 15) is 248 Å². The van der Waals surface area contributed by atoms with Gasteiger partial charge in [-0.2, -0.15) is 0 Å². The van der Waals surface area contributed by atoms with Crippen LogP contribution >= 0.6 is 30.4 Å². The highest BCUT2D eigenvalue weighted by molar-refractivity contribution is 7.71. The van der Waals surface area contributed by atoms with Gasteiger partial charge in [-0.15, -0.1) is 0 Å². The summed E-state index contributed by atoms with van der Waals surface area (Å²) >= 11 is 0. The van der Waals surface area contributed by atoms with Gasteiger partial charge in [0.25, 0.3) is 0 Å². The van der Waals surface area contributed by atoms with Crippen LogP contribution in [-0.2, 0) is 114 Å². The van der Waals surface area contributed by atoms with Crippen molar-refractivity contribution in [1.29, 1.82) is 0 Å². The maximum absolute atomic E-state index is 14.3. The summed E-state index contributed by atoms with van der Waals surface area (Å²) in [6.45, 7) is -21.5. The standard InChI is InChI=1S/C49H85N9O38P2.C21H43N3O20P2.3CH4/c59-20-24(50-28(64)9-39(97(87,88)89)98(90,91)92)42(83)46(25(63)21-60)95-49-41(52-30(66)11-56(15-34(73)74)6-2-54(13-32(69)70)4-8-58(18-37(79)80)19-38(81)82)45(86)47(27(23-62)94-49)96-48-40(44(85)43(84)26(22-61)93-48)51-29(65)10-55(14-33(71)72)5-1-53(12-31(67)68)3-7-57(16-35(75)76)17-36(77)78;22-12-16(33)15(32)8(4-27)41-20(12)44-19-9(5-28)42-21(13(23)17(19)34)43-18(7(29)3-26)14(31)6(2-25)24-10(30)1-11(45(35,36)37)46(38,39)40;;;/h24-27,39-49,59-63,83-86H,1-23H2,(H,50,64)(H,51,65)(H,52,66)(H,67,68)(H,69,70)(H,71,72)(H,73,74)(H,75,76)(H,77,78)(H,79,80)(H,81,82)(H2,87,88,89)(H2,90,91,92);6-9,11-21,25-29,31-34H,1-5,22-23H2,(H,24,30)(H2,35,36,37)(H2,38,39,40);3*1H4/t24?,25?,26?,27?,40?,41?,42-,43+,44-,45-,46+,47+,48-,49-;6?,7?,8?,9?,12?,13?,14-,15+,16-,17-,18+,19+,20-,21-;;;/m00.../s1. The van der Waals surface area contributed by atoms with Gasteiger partial charge in [-0.1, -0.05) is 22.3 Å². The zero-order chi connectivity index (χ0) is 110. The Morgan fingerprint density at radius 1 is 0.313 bits per heavy atom. The zero-order valence-corrected chi connectivity index (χ0v) is 79.3. The predicted molar refractivity (Wildman–Crippen MR) is 479 cm³/mol. The van der Waals surface area contributed by atoms with Gasteiger partial charge >= 0.3 is 78.1 Å². The van der Waals surface area contributed by atoms with E-state index in [1.54, 1.807) is 5.32 Å². The number of nitrogens with zero attached hydrogens (tertiary/aromatic N) is 6. The fourth-order valence-electron chi connectivity index (χ4n) is 14.7. The molecule has 4 rings (SSSR count). The third-order valence-corrected chi connectivity index (χ3v) is 29.4. The number of aliphatic hydroxyl groups excluding tert-OH is 18. The van der Waals surface area contributed by atoms with Crippen molar-refractivity contribution in [2.45, 2.75) is 217 Å². The topological polar surface area (TPSA) is 1150 Å². The molecule has 147 heavy (non-hydrogen) atoms. The lowest BCUT2D eigenvalue weighted by Gasteiger charge is -2.49. The molecule has 42 N–H and O–H groups in total. The van der Waals surface area contributed by atoms with E-state index in [1.165, 1.54) is 0 Å². The van der Waals surface area contributed by atoms with Crippen molar-refractivity contribution in [3.8, 4) is 0 Å².